The average molecular weight is 429 g/mol. The topological polar surface area (TPSA) is 29.5 Å². The molecule has 1 aliphatic heterocycles. The third-order valence-corrected chi connectivity index (χ3v) is 7.50. The van der Waals surface area contributed by atoms with Crippen LogP contribution >= 0.6 is 0 Å². The molecule has 0 fully saturated rings. The minimum atomic E-state index is -0.116. The lowest BCUT2D eigenvalue weighted by atomic mass is 9.85. The molecule has 0 aliphatic carbocycles. The monoisotopic (exact) mass is 428 g/mol. The Labute approximate surface area is 192 Å². The second-order valence-corrected chi connectivity index (χ2v) is 11.0. The van der Waals surface area contributed by atoms with Crippen molar-refractivity contribution in [2.75, 3.05) is 0 Å². The van der Waals surface area contributed by atoms with Crippen molar-refractivity contribution in [1.82, 2.24) is 0 Å². The van der Waals surface area contributed by atoms with Crippen molar-refractivity contribution < 1.29 is 9.84 Å². The number of aromatic hydroxyl groups is 1. The zero-order chi connectivity index (χ0) is 23.2. The van der Waals surface area contributed by atoms with Gasteiger partial charge in [-0.1, -0.05) is 58.1 Å². The highest BCUT2D eigenvalue weighted by atomic mass is 16.5. The maximum atomic E-state index is 10.4. The van der Waals surface area contributed by atoms with Gasteiger partial charge in [-0.3, -0.25) is 0 Å². The number of ether oxygens (including phenoxy) is 1. The summed E-state index contributed by atoms with van der Waals surface area (Å²) in [4.78, 5) is 0. The molecule has 0 amide bonds. The van der Waals surface area contributed by atoms with E-state index in [1.54, 1.807) is 0 Å². The Kier molecular flexibility index (Phi) is 9.52. The van der Waals surface area contributed by atoms with E-state index in [1.165, 1.54) is 49.7 Å². The third-order valence-electron chi connectivity index (χ3n) is 7.50. The first-order chi connectivity index (χ1) is 14.5. The van der Waals surface area contributed by atoms with Crippen LogP contribution in [0.2, 0.25) is 0 Å². The molecule has 0 bridgehead atoms. The van der Waals surface area contributed by atoms with Crippen LogP contribution in [0.1, 0.15) is 115 Å². The summed E-state index contributed by atoms with van der Waals surface area (Å²) in [5.41, 5.74) is 5.66. The molecule has 1 N–H and O–H groups in total. The van der Waals surface area contributed by atoms with Gasteiger partial charge in [-0.05, 0) is 102 Å². The predicted octanol–water partition coefficient (Wildman–Crippen LogP) is 8.76. The molecule has 0 saturated carbocycles. The molecule has 0 spiro atoms. The molecule has 0 saturated heterocycles. The Morgan fingerprint density at radius 1 is 1.03 bits per heavy atom. The Morgan fingerprint density at radius 3 is 2.39 bits per heavy atom. The van der Waals surface area contributed by atoms with Crippen LogP contribution in [-0.2, 0) is 6.42 Å². The van der Waals surface area contributed by atoms with Crippen molar-refractivity contribution in [3.8, 4) is 11.5 Å². The van der Waals surface area contributed by atoms with Crippen LogP contribution < -0.4 is 4.74 Å². The van der Waals surface area contributed by atoms with E-state index in [2.05, 4.69) is 47.6 Å². The highest BCUT2D eigenvalue weighted by molar-refractivity contribution is 5.58. The number of phenols is 1. The van der Waals surface area contributed by atoms with Gasteiger partial charge in [0.25, 0.3) is 0 Å². The number of benzene rings is 1. The lowest BCUT2D eigenvalue weighted by Crippen LogP contribution is -2.37. The number of hydrogen-bond acceptors (Lipinski definition) is 2. The van der Waals surface area contributed by atoms with Crippen molar-refractivity contribution in [3.63, 3.8) is 0 Å². The van der Waals surface area contributed by atoms with E-state index < -0.39 is 0 Å². The van der Waals surface area contributed by atoms with Gasteiger partial charge < -0.3 is 9.84 Å². The number of rotatable bonds is 11. The molecular weight excluding hydrogens is 380 g/mol. The van der Waals surface area contributed by atoms with Crippen LogP contribution in [-0.4, -0.2) is 10.7 Å². The molecule has 2 rings (SSSR count). The molecule has 2 heteroatoms. The van der Waals surface area contributed by atoms with E-state index in [9.17, 15) is 5.11 Å². The predicted molar refractivity (Wildman–Crippen MR) is 134 cm³/mol. The molecule has 2 nitrogen and oxygen atoms in total. The first kappa shape index (κ1) is 25.8. The van der Waals surface area contributed by atoms with E-state index in [0.717, 1.165) is 60.0 Å². The average Bonchev–Trinajstić information content (AvgIpc) is 2.70. The van der Waals surface area contributed by atoms with Gasteiger partial charge in [0.1, 0.15) is 17.1 Å². The van der Waals surface area contributed by atoms with Crippen molar-refractivity contribution in [3.05, 3.63) is 33.9 Å². The van der Waals surface area contributed by atoms with E-state index in [-0.39, 0.29) is 5.60 Å². The number of fused-ring (bicyclic) bond motifs is 1. The molecule has 0 radical (unpaired) electrons. The van der Waals surface area contributed by atoms with Gasteiger partial charge in [-0.2, -0.15) is 0 Å². The fraction of sp³-hybridized carbons (Fsp3) is 0.724. The van der Waals surface area contributed by atoms with Gasteiger partial charge in [-0.25, -0.2) is 0 Å². The lowest BCUT2D eigenvalue weighted by molar-refractivity contribution is 0.0558. The van der Waals surface area contributed by atoms with E-state index >= 15 is 0 Å². The Morgan fingerprint density at radius 2 is 1.71 bits per heavy atom. The first-order valence-corrected chi connectivity index (χ1v) is 12.7. The fourth-order valence-corrected chi connectivity index (χ4v) is 4.94. The van der Waals surface area contributed by atoms with Crippen molar-refractivity contribution >= 4 is 0 Å². The maximum Gasteiger partial charge on any atom is 0.127 e. The molecule has 0 aromatic heterocycles. The molecule has 176 valence electrons. The van der Waals surface area contributed by atoms with E-state index in [1.807, 2.05) is 13.8 Å². The van der Waals surface area contributed by atoms with Gasteiger partial charge in [0.15, 0.2) is 0 Å². The summed E-state index contributed by atoms with van der Waals surface area (Å²) in [5.74, 6) is 3.16. The molecular formula is C29H48O2. The largest absolute Gasteiger partial charge is 0.507 e. The van der Waals surface area contributed by atoms with Gasteiger partial charge >= 0.3 is 0 Å². The smallest absolute Gasteiger partial charge is 0.127 e. The number of hydrogen-bond donors (Lipinski definition) is 1. The zero-order valence-electron chi connectivity index (χ0n) is 21.7. The zero-order valence-corrected chi connectivity index (χ0v) is 21.7. The Balaban J connectivity index is 1.81. The van der Waals surface area contributed by atoms with E-state index in [4.69, 9.17) is 4.74 Å². The van der Waals surface area contributed by atoms with Gasteiger partial charge in [-0.15, -0.1) is 0 Å². The van der Waals surface area contributed by atoms with Gasteiger partial charge in [0.2, 0.25) is 0 Å². The second-order valence-electron chi connectivity index (χ2n) is 11.0. The van der Waals surface area contributed by atoms with Crippen LogP contribution in [0, 0.1) is 32.6 Å². The number of allylic oxidation sites excluding steroid dienone is 2. The maximum absolute atomic E-state index is 10.4. The second kappa shape index (κ2) is 11.4. The van der Waals surface area contributed by atoms with Gasteiger partial charge in [0, 0.05) is 5.56 Å². The first-order valence-electron chi connectivity index (χ1n) is 12.7. The highest BCUT2D eigenvalue weighted by Crippen LogP contribution is 2.44. The summed E-state index contributed by atoms with van der Waals surface area (Å²) in [6, 6.07) is 0. The lowest BCUT2D eigenvalue weighted by Gasteiger charge is -2.38. The molecule has 31 heavy (non-hydrogen) atoms. The Hall–Kier alpha value is -1.44. The van der Waals surface area contributed by atoms with Crippen LogP contribution in [0.3, 0.4) is 0 Å². The Bertz CT molecular complexity index is 759. The normalized spacial score (nSPS) is 20.0. The molecule has 1 aliphatic rings. The molecule has 1 aromatic rings. The van der Waals surface area contributed by atoms with Crippen LogP contribution in [0.4, 0.5) is 0 Å². The summed E-state index contributed by atoms with van der Waals surface area (Å²) in [6.07, 6.45) is 14.6. The molecule has 2 atom stereocenters. The molecule has 1 aromatic carbocycles. The van der Waals surface area contributed by atoms with Crippen LogP contribution in [0.15, 0.2) is 11.6 Å². The van der Waals surface area contributed by atoms with Crippen LogP contribution in [0.25, 0.3) is 0 Å². The summed E-state index contributed by atoms with van der Waals surface area (Å²) in [7, 11) is 0. The molecule has 0 unspecified atom stereocenters. The third kappa shape index (κ3) is 7.29. The fourth-order valence-electron chi connectivity index (χ4n) is 4.94. The SMILES string of the molecule is C/C(=C\CC[C@]1(C)CCc2c(C)c(O)c(C)c(C)c2O1)CCC[C@H](C)CCCC(C)C. The van der Waals surface area contributed by atoms with Gasteiger partial charge in [0.05, 0.1) is 0 Å². The highest BCUT2D eigenvalue weighted by Gasteiger charge is 2.33. The quantitative estimate of drug-likeness (QED) is 0.357. The summed E-state index contributed by atoms with van der Waals surface area (Å²) in [6.45, 7) is 17.7. The molecule has 1 heterocycles. The minimum absolute atomic E-state index is 0.116. The van der Waals surface area contributed by atoms with E-state index in [0.29, 0.717) is 5.75 Å². The van der Waals surface area contributed by atoms with Crippen molar-refractivity contribution in [2.45, 2.75) is 125 Å². The van der Waals surface area contributed by atoms with Crippen LogP contribution in [0.5, 0.6) is 11.5 Å². The summed E-state index contributed by atoms with van der Waals surface area (Å²) < 4.78 is 6.58. The summed E-state index contributed by atoms with van der Waals surface area (Å²) >= 11 is 0. The minimum Gasteiger partial charge on any atom is -0.507 e. The summed E-state index contributed by atoms with van der Waals surface area (Å²) in [5, 5.41) is 10.4. The standard InChI is InChI=1S/C29H48O2/c1-20(2)12-9-13-21(3)14-10-15-22(4)16-11-18-29(8)19-17-26-25(7)27(30)23(5)24(6)28(26)31-29/h16,20-21,30H,9-15,17-19H2,1-8H3/b22-16+/t21-,29-/m1/s1. The van der Waals surface area contributed by atoms with Crippen molar-refractivity contribution in [2.24, 2.45) is 11.8 Å². The van der Waals surface area contributed by atoms with Crippen molar-refractivity contribution in [1.29, 1.82) is 0 Å². The number of phenolic OH excluding ortho intramolecular Hbond substituents is 1.